The number of fused-ring (bicyclic) bond motifs is 1. The average Bonchev–Trinajstić information content (AvgIpc) is 3.01. The molecule has 0 unspecified atom stereocenters. The first-order valence-corrected chi connectivity index (χ1v) is 8.40. The molecule has 0 saturated carbocycles. The monoisotopic (exact) mass is 344 g/mol. The molecule has 0 aliphatic rings. The Hall–Kier alpha value is -3.05. The van der Waals surface area contributed by atoms with Gasteiger partial charge < -0.3 is 0 Å². The van der Waals surface area contributed by atoms with E-state index in [1.165, 1.54) is 10.9 Å². The number of aromatic nitrogens is 3. The molecule has 1 aromatic heterocycles. The van der Waals surface area contributed by atoms with Crippen molar-refractivity contribution >= 4 is 29.2 Å². The van der Waals surface area contributed by atoms with Crippen molar-refractivity contribution in [2.75, 3.05) is 0 Å². The van der Waals surface area contributed by atoms with Crippen LogP contribution in [0.3, 0.4) is 0 Å². The summed E-state index contributed by atoms with van der Waals surface area (Å²) in [5.41, 5.74) is 3.20. The van der Waals surface area contributed by atoms with Gasteiger partial charge in [-0.2, -0.15) is 14.9 Å². The van der Waals surface area contributed by atoms with Crippen LogP contribution in [0.4, 0.5) is 0 Å². The molecule has 25 heavy (non-hydrogen) atoms. The first kappa shape index (κ1) is 15.5. The number of benzene rings is 3. The minimum Gasteiger partial charge on any atom is -0.250 e. The predicted molar refractivity (Wildman–Crippen MR) is 105 cm³/mol. The SMILES string of the molecule is Cc1ccc(-c2n[nH]c(=S)n2/N=C\c2cccc3ccccc23)cc1. The molecule has 4 nitrogen and oxygen atoms in total. The third-order valence-electron chi connectivity index (χ3n) is 4.10. The third kappa shape index (κ3) is 3.02. The van der Waals surface area contributed by atoms with Gasteiger partial charge in [-0.3, -0.25) is 0 Å². The molecule has 0 saturated heterocycles. The van der Waals surface area contributed by atoms with Crippen molar-refractivity contribution < 1.29 is 0 Å². The van der Waals surface area contributed by atoms with Gasteiger partial charge in [-0.25, -0.2) is 5.10 Å². The maximum Gasteiger partial charge on any atom is 0.216 e. The molecule has 3 aromatic carbocycles. The van der Waals surface area contributed by atoms with Crippen LogP contribution in [0.15, 0.2) is 71.8 Å². The molecule has 0 aliphatic carbocycles. The van der Waals surface area contributed by atoms with Crippen molar-refractivity contribution in [1.82, 2.24) is 14.9 Å². The Kier molecular flexibility index (Phi) is 3.99. The summed E-state index contributed by atoms with van der Waals surface area (Å²) >= 11 is 5.34. The molecule has 0 fully saturated rings. The van der Waals surface area contributed by atoms with E-state index in [-0.39, 0.29) is 0 Å². The van der Waals surface area contributed by atoms with Gasteiger partial charge in [0, 0.05) is 11.1 Å². The highest BCUT2D eigenvalue weighted by molar-refractivity contribution is 7.71. The molecule has 122 valence electrons. The molecule has 0 bridgehead atoms. The largest absolute Gasteiger partial charge is 0.250 e. The standard InChI is InChI=1S/C20H16N4S/c1-14-9-11-16(12-10-14)19-22-23-20(25)24(19)21-13-17-7-4-6-15-5-2-3-8-18(15)17/h2-13H,1H3,(H,23,25)/b21-13-. The number of nitrogens with zero attached hydrogens (tertiary/aromatic N) is 3. The van der Waals surface area contributed by atoms with Crippen LogP contribution in [0.5, 0.6) is 0 Å². The smallest absolute Gasteiger partial charge is 0.216 e. The summed E-state index contributed by atoms with van der Waals surface area (Å²) in [6.07, 6.45) is 1.82. The molecule has 0 amide bonds. The molecular weight excluding hydrogens is 328 g/mol. The minimum atomic E-state index is 0.465. The normalized spacial score (nSPS) is 11.4. The highest BCUT2D eigenvalue weighted by Crippen LogP contribution is 2.19. The molecule has 5 heteroatoms. The maximum absolute atomic E-state index is 5.34. The van der Waals surface area contributed by atoms with Crippen molar-refractivity contribution in [2.24, 2.45) is 5.10 Å². The predicted octanol–water partition coefficient (Wildman–Crippen LogP) is 4.95. The molecule has 1 N–H and O–H groups in total. The van der Waals surface area contributed by atoms with Crippen LogP contribution in [0.1, 0.15) is 11.1 Å². The minimum absolute atomic E-state index is 0.465. The maximum atomic E-state index is 5.34. The molecule has 0 radical (unpaired) electrons. The second-order valence-electron chi connectivity index (χ2n) is 5.84. The Labute approximate surface area is 150 Å². The van der Waals surface area contributed by atoms with Crippen molar-refractivity contribution in [3.8, 4) is 11.4 Å². The lowest BCUT2D eigenvalue weighted by molar-refractivity contribution is 0.872. The summed E-state index contributed by atoms with van der Waals surface area (Å²) in [5.74, 6) is 0.696. The summed E-state index contributed by atoms with van der Waals surface area (Å²) in [7, 11) is 0. The number of H-pyrrole nitrogens is 1. The van der Waals surface area contributed by atoms with Gasteiger partial charge in [0.05, 0.1) is 6.21 Å². The van der Waals surface area contributed by atoms with Crippen LogP contribution in [0.25, 0.3) is 22.2 Å². The molecular formula is C20H16N4S. The third-order valence-corrected chi connectivity index (χ3v) is 4.36. The highest BCUT2D eigenvalue weighted by atomic mass is 32.1. The summed E-state index contributed by atoms with van der Waals surface area (Å²) < 4.78 is 2.12. The van der Waals surface area contributed by atoms with Crippen molar-refractivity contribution in [3.05, 3.63) is 82.6 Å². The summed E-state index contributed by atoms with van der Waals surface area (Å²) in [5, 5.41) is 14.1. The Morgan fingerprint density at radius 1 is 1.00 bits per heavy atom. The van der Waals surface area contributed by atoms with E-state index in [0.717, 1.165) is 16.5 Å². The number of aromatic amines is 1. The van der Waals surface area contributed by atoms with Crippen molar-refractivity contribution in [2.45, 2.75) is 6.92 Å². The Balaban J connectivity index is 1.78. The Bertz CT molecular complexity index is 1120. The number of hydrogen-bond donors (Lipinski definition) is 1. The van der Waals surface area contributed by atoms with Gasteiger partial charge in [-0.05, 0) is 29.9 Å². The molecule has 0 atom stereocenters. The van der Waals surface area contributed by atoms with E-state index in [1.807, 2.05) is 54.7 Å². The van der Waals surface area contributed by atoms with E-state index < -0.39 is 0 Å². The fourth-order valence-electron chi connectivity index (χ4n) is 2.77. The van der Waals surface area contributed by atoms with E-state index in [1.54, 1.807) is 4.68 Å². The van der Waals surface area contributed by atoms with E-state index in [0.29, 0.717) is 10.6 Å². The van der Waals surface area contributed by atoms with Gasteiger partial charge in [-0.1, -0.05) is 72.3 Å². The topological polar surface area (TPSA) is 46.0 Å². The highest BCUT2D eigenvalue weighted by Gasteiger charge is 2.08. The van der Waals surface area contributed by atoms with Gasteiger partial charge in [-0.15, -0.1) is 0 Å². The Morgan fingerprint density at radius 3 is 2.60 bits per heavy atom. The quantitative estimate of drug-likeness (QED) is 0.422. The van der Waals surface area contributed by atoms with Crippen LogP contribution in [-0.4, -0.2) is 21.1 Å². The molecule has 0 spiro atoms. The zero-order valence-electron chi connectivity index (χ0n) is 13.7. The Morgan fingerprint density at radius 2 is 1.76 bits per heavy atom. The van der Waals surface area contributed by atoms with Gasteiger partial charge in [0.15, 0.2) is 5.82 Å². The number of hydrogen-bond acceptors (Lipinski definition) is 3. The summed E-state index contributed by atoms with van der Waals surface area (Å²) in [6, 6.07) is 22.5. The van der Waals surface area contributed by atoms with Crippen LogP contribution >= 0.6 is 12.2 Å². The van der Waals surface area contributed by atoms with Crippen molar-refractivity contribution in [1.29, 1.82) is 0 Å². The fourth-order valence-corrected chi connectivity index (χ4v) is 2.95. The number of nitrogens with one attached hydrogen (secondary N) is 1. The van der Waals surface area contributed by atoms with Gasteiger partial charge in [0.25, 0.3) is 0 Å². The second-order valence-corrected chi connectivity index (χ2v) is 6.23. The lowest BCUT2D eigenvalue weighted by Gasteiger charge is -2.03. The molecule has 4 aromatic rings. The zero-order chi connectivity index (χ0) is 17.2. The van der Waals surface area contributed by atoms with Crippen LogP contribution in [-0.2, 0) is 0 Å². The fraction of sp³-hybridized carbons (Fsp3) is 0.0500. The number of rotatable bonds is 3. The van der Waals surface area contributed by atoms with Crippen molar-refractivity contribution in [3.63, 3.8) is 0 Å². The number of aryl methyl sites for hydroxylation is 1. The molecule has 4 rings (SSSR count). The first-order chi connectivity index (χ1) is 12.2. The average molecular weight is 344 g/mol. The van der Waals surface area contributed by atoms with Crippen LogP contribution in [0.2, 0.25) is 0 Å². The lowest BCUT2D eigenvalue weighted by Crippen LogP contribution is -1.95. The van der Waals surface area contributed by atoms with E-state index in [2.05, 4.69) is 40.4 Å². The van der Waals surface area contributed by atoms with E-state index in [4.69, 9.17) is 12.2 Å². The van der Waals surface area contributed by atoms with Crippen LogP contribution < -0.4 is 0 Å². The summed E-state index contributed by atoms with van der Waals surface area (Å²) in [4.78, 5) is 0. The van der Waals surface area contributed by atoms with E-state index >= 15 is 0 Å². The van der Waals surface area contributed by atoms with Gasteiger partial charge in [0.2, 0.25) is 4.77 Å². The van der Waals surface area contributed by atoms with Gasteiger partial charge >= 0.3 is 0 Å². The molecule has 0 aliphatic heterocycles. The zero-order valence-corrected chi connectivity index (χ0v) is 14.5. The molecule has 1 heterocycles. The first-order valence-electron chi connectivity index (χ1n) is 7.99. The second kappa shape index (κ2) is 6.45. The summed E-state index contributed by atoms with van der Waals surface area (Å²) in [6.45, 7) is 2.06. The van der Waals surface area contributed by atoms with E-state index in [9.17, 15) is 0 Å². The lowest BCUT2D eigenvalue weighted by atomic mass is 10.1. The van der Waals surface area contributed by atoms with Crippen LogP contribution in [0, 0.1) is 11.7 Å². The van der Waals surface area contributed by atoms with Gasteiger partial charge in [0.1, 0.15) is 0 Å².